The lowest BCUT2D eigenvalue weighted by Gasteiger charge is -2.20. The molecule has 1 aromatic carbocycles. The van der Waals surface area contributed by atoms with Crippen molar-refractivity contribution < 1.29 is 9.59 Å². The second kappa shape index (κ2) is 10.2. The summed E-state index contributed by atoms with van der Waals surface area (Å²) >= 11 is 6.03. The fraction of sp³-hybridized carbons (Fsp3) is 0.400. The van der Waals surface area contributed by atoms with Crippen molar-refractivity contribution in [3.8, 4) is 0 Å². The standard InChI is InChI=1S/C25H28ClN7O3/c1-30-10-8-27-23(34)11-18-13-31(12-17-4-6-19(26)7-5-17)16-22(18)33-15-20(28-29-33)14-32-9-2-3-21(24(30)35)25(32)36/h2-7,9,15,18,22H,8,10-14,16H2,1H3,(H,27,34)/t18-,22+/m0/s1. The summed E-state index contributed by atoms with van der Waals surface area (Å²) in [5, 5.41) is 12.3. The molecule has 1 fully saturated rings. The maximum Gasteiger partial charge on any atom is 0.263 e. The topological polar surface area (TPSA) is 105 Å². The van der Waals surface area contributed by atoms with Crippen LogP contribution in [-0.2, 0) is 17.9 Å². The van der Waals surface area contributed by atoms with Crippen LogP contribution in [0.4, 0.5) is 0 Å². The third-order valence-electron chi connectivity index (χ3n) is 6.85. The Balaban J connectivity index is 1.43. The molecule has 10 nitrogen and oxygen atoms in total. The smallest absolute Gasteiger partial charge is 0.263 e. The molecule has 2 aliphatic heterocycles. The number of amides is 2. The number of likely N-dealkylation sites (N-methyl/N-ethyl adjacent to an activating group) is 1. The number of rotatable bonds is 2. The van der Waals surface area contributed by atoms with Gasteiger partial charge in [-0.15, -0.1) is 5.10 Å². The fourth-order valence-corrected chi connectivity index (χ4v) is 5.07. The molecule has 2 aliphatic rings. The highest BCUT2D eigenvalue weighted by Gasteiger charge is 2.36. The molecule has 3 aromatic rings. The minimum Gasteiger partial charge on any atom is -0.354 e. The number of hydrogen-bond acceptors (Lipinski definition) is 6. The second-order valence-electron chi connectivity index (χ2n) is 9.47. The van der Waals surface area contributed by atoms with Crippen LogP contribution in [0.2, 0.25) is 5.02 Å². The molecule has 1 N–H and O–H groups in total. The maximum atomic E-state index is 13.0. The molecule has 0 aliphatic carbocycles. The van der Waals surface area contributed by atoms with Crippen LogP contribution in [0.1, 0.15) is 34.1 Å². The summed E-state index contributed by atoms with van der Waals surface area (Å²) in [6, 6.07) is 10.9. The molecule has 0 spiro atoms. The number of aromatic nitrogens is 4. The molecule has 0 radical (unpaired) electrons. The van der Waals surface area contributed by atoms with Crippen LogP contribution in [0, 0.1) is 5.92 Å². The van der Waals surface area contributed by atoms with Gasteiger partial charge in [0.2, 0.25) is 5.91 Å². The van der Waals surface area contributed by atoms with E-state index >= 15 is 0 Å². The molecule has 1 saturated heterocycles. The first-order valence-corrected chi connectivity index (χ1v) is 12.3. The lowest BCUT2D eigenvalue weighted by Crippen LogP contribution is -2.39. The number of benzene rings is 1. The van der Waals surface area contributed by atoms with E-state index in [1.807, 2.05) is 35.1 Å². The molecule has 4 heterocycles. The highest BCUT2D eigenvalue weighted by atomic mass is 35.5. The minimum absolute atomic E-state index is 0.0326. The summed E-state index contributed by atoms with van der Waals surface area (Å²) in [5.74, 6) is -0.424. The Hall–Kier alpha value is -3.50. The van der Waals surface area contributed by atoms with Gasteiger partial charge in [-0.2, -0.15) is 0 Å². The third-order valence-corrected chi connectivity index (χ3v) is 7.10. The minimum atomic E-state index is -0.382. The Labute approximate surface area is 213 Å². The van der Waals surface area contributed by atoms with Crippen LogP contribution >= 0.6 is 11.6 Å². The van der Waals surface area contributed by atoms with Gasteiger partial charge in [-0.05, 0) is 29.8 Å². The predicted molar refractivity (Wildman–Crippen MR) is 134 cm³/mol. The highest BCUT2D eigenvalue weighted by molar-refractivity contribution is 6.30. The summed E-state index contributed by atoms with van der Waals surface area (Å²) in [7, 11) is 1.63. The Kier molecular flexibility index (Phi) is 6.88. The van der Waals surface area contributed by atoms with Gasteiger partial charge in [-0.25, -0.2) is 4.68 Å². The first-order valence-electron chi connectivity index (χ1n) is 12.0. The van der Waals surface area contributed by atoms with E-state index in [0.717, 1.165) is 25.2 Å². The van der Waals surface area contributed by atoms with Crippen molar-refractivity contribution in [1.82, 2.24) is 34.7 Å². The largest absolute Gasteiger partial charge is 0.354 e. The maximum absolute atomic E-state index is 13.0. The van der Waals surface area contributed by atoms with E-state index in [2.05, 4.69) is 20.5 Å². The average Bonchev–Trinajstić information content (AvgIpc) is 3.47. The molecule has 2 aromatic heterocycles. The van der Waals surface area contributed by atoms with Gasteiger partial charge in [0.05, 0.1) is 18.8 Å². The first kappa shape index (κ1) is 24.2. The van der Waals surface area contributed by atoms with E-state index in [-0.39, 0.29) is 41.4 Å². The van der Waals surface area contributed by atoms with Crippen LogP contribution in [-0.4, -0.2) is 74.4 Å². The summed E-state index contributed by atoms with van der Waals surface area (Å²) in [5.41, 5.74) is 1.46. The van der Waals surface area contributed by atoms with Crippen molar-refractivity contribution in [2.24, 2.45) is 5.92 Å². The van der Waals surface area contributed by atoms with Gasteiger partial charge in [-0.1, -0.05) is 28.9 Å². The van der Waals surface area contributed by atoms with Crippen LogP contribution in [0.3, 0.4) is 0 Å². The summed E-state index contributed by atoms with van der Waals surface area (Å²) in [6.45, 7) is 3.00. The van der Waals surface area contributed by atoms with Gasteiger partial charge < -0.3 is 14.8 Å². The van der Waals surface area contributed by atoms with Crippen LogP contribution in [0.15, 0.2) is 53.6 Å². The molecule has 4 bridgehead atoms. The summed E-state index contributed by atoms with van der Waals surface area (Å²) < 4.78 is 3.29. The Morgan fingerprint density at radius 2 is 1.92 bits per heavy atom. The molecule has 2 atom stereocenters. The van der Waals surface area contributed by atoms with Crippen LogP contribution < -0.4 is 10.9 Å². The molecular formula is C25H28ClN7O3. The van der Waals surface area contributed by atoms with Crippen LogP contribution in [0.25, 0.3) is 0 Å². The predicted octanol–water partition coefficient (Wildman–Crippen LogP) is 1.41. The zero-order chi connectivity index (χ0) is 25.2. The number of fused-ring (bicyclic) bond motifs is 6. The third kappa shape index (κ3) is 5.19. The first-order chi connectivity index (χ1) is 17.4. The quantitative estimate of drug-likeness (QED) is 0.560. The van der Waals surface area contributed by atoms with Crippen molar-refractivity contribution in [2.45, 2.75) is 25.6 Å². The number of pyridine rings is 1. The Bertz CT molecular complexity index is 1320. The second-order valence-corrected chi connectivity index (χ2v) is 9.91. The fourth-order valence-electron chi connectivity index (χ4n) is 4.95. The number of nitrogens with one attached hydrogen (secondary N) is 1. The number of carbonyl (C=O) groups is 2. The van der Waals surface area contributed by atoms with Crippen LogP contribution in [0.5, 0.6) is 0 Å². The monoisotopic (exact) mass is 509 g/mol. The zero-order valence-electron chi connectivity index (χ0n) is 20.0. The van der Waals surface area contributed by atoms with Gasteiger partial charge in [0.15, 0.2) is 0 Å². The molecule has 188 valence electrons. The molecule has 36 heavy (non-hydrogen) atoms. The van der Waals surface area contributed by atoms with E-state index in [9.17, 15) is 14.4 Å². The molecule has 0 unspecified atom stereocenters. The van der Waals surface area contributed by atoms with Crippen molar-refractivity contribution in [3.63, 3.8) is 0 Å². The normalized spacial score (nSPS) is 21.3. The average molecular weight is 510 g/mol. The lowest BCUT2D eigenvalue weighted by atomic mass is 9.99. The van der Waals surface area contributed by atoms with Crippen molar-refractivity contribution >= 4 is 23.4 Å². The Morgan fingerprint density at radius 3 is 2.72 bits per heavy atom. The van der Waals surface area contributed by atoms with Crippen molar-refractivity contribution in [1.29, 1.82) is 0 Å². The van der Waals surface area contributed by atoms with Gasteiger partial charge >= 0.3 is 0 Å². The molecule has 2 amide bonds. The number of likely N-dealkylation sites (tertiary alicyclic amines) is 1. The zero-order valence-corrected chi connectivity index (χ0v) is 20.8. The molecule has 11 heteroatoms. The Morgan fingerprint density at radius 1 is 1.11 bits per heavy atom. The summed E-state index contributed by atoms with van der Waals surface area (Å²) in [4.78, 5) is 42.4. The van der Waals surface area contributed by atoms with Gasteiger partial charge in [0, 0.05) is 63.3 Å². The van der Waals surface area contributed by atoms with Gasteiger partial charge in [0.1, 0.15) is 11.3 Å². The van der Waals surface area contributed by atoms with Gasteiger partial charge in [0.25, 0.3) is 11.5 Å². The van der Waals surface area contributed by atoms with E-state index in [1.54, 1.807) is 19.3 Å². The number of nitrogens with zero attached hydrogens (tertiary/aromatic N) is 6. The van der Waals surface area contributed by atoms with E-state index in [0.29, 0.717) is 30.2 Å². The summed E-state index contributed by atoms with van der Waals surface area (Å²) in [6.07, 6.45) is 3.82. The van der Waals surface area contributed by atoms with E-state index < -0.39 is 0 Å². The van der Waals surface area contributed by atoms with E-state index in [4.69, 9.17) is 11.6 Å². The lowest BCUT2D eigenvalue weighted by molar-refractivity contribution is -0.122. The molecular weight excluding hydrogens is 482 g/mol. The van der Waals surface area contributed by atoms with E-state index in [1.165, 1.54) is 15.5 Å². The number of carbonyl (C=O) groups excluding carboxylic acids is 2. The van der Waals surface area contributed by atoms with Crippen molar-refractivity contribution in [3.05, 3.63) is 81.0 Å². The van der Waals surface area contributed by atoms with Gasteiger partial charge in [-0.3, -0.25) is 19.3 Å². The molecule has 0 saturated carbocycles. The molecule has 5 rings (SSSR count). The number of hydrogen-bond donors (Lipinski definition) is 1. The number of halogens is 1. The SMILES string of the molecule is CN1CCNC(=O)C[C@H]2CN(Cc3ccc(Cl)cc3)C[C@H]2n2cc(nn2)Cn2cccc(c2=O)C1=O. The van der Waals surface area contributed by atoms with Crippen molar-refractivity contribution in [2.75, 3.05) is 33.2 Å². The highest BCUT2D eigenvalue weighted by Crippen LogP contribution is 2.31.